The fraction of sp³-hybridized carbons (Fsp3) is 1.00. The molecule has 5 nitrogen and oxygen atoms in total. The average Bonchev–Trinajstić information content (AvgIpc) is 2.86. The van der Waals surface area contributed by atoms with Crippen molar-refractivity contribution in [1.29, 1.82) is 0 Å². The summed E-state index contributed by atoms with van der Waals surface area (Å²) in [5.41, 5.74) is 0.940. The number of nitrogens with zero attached hydrogens (tertiary/aromatic N) is 1. The van der Waals surface area contributed by atoms with Crippen LogP contribution in [0, 0.1) is 11.8 Å². The first-order valence-electron chi connectivity index (χ1n) is 13.4. The van der Waals surface area contributed by atoms with Crippen molar-refractivity contribution in [3.8, 4) is 0 Å². The van der Waals surface area contributed by atoms with Gasteiger partial charge in [-0.05, 0) is 57.3 Å². The molecule has 0 amide bonds. The second-order valence-corrected chi connectivity index (χ2v) is 17.8. The van der Waals surface area contributed by atoms with Crippen molar-refractivity contribution in [2.45, 2.75) is 126 Å². The van der Waals surface area contributed by atoms with E-state index in [0.29, 0.717) is 29.4 Å². The summed E-state index contributed by atoms with van der Waals surface area (Å²) in [6.45, 7) is -1.96. The molecule has 5 rings (SSSR count). The minimum Gasteiger partial charge on any atom is -0.381 e. The molecule has 0 bridgehead atoms. The largest absolute Gasteiger partial charge is 0.381 e. The molecule has 4 saturated carbocycles. The van der Waals surface area contributed by atoms with E-state index in [1.54, 1.807) is 0 Å². The number of hydrogen-bond acceptors (Lipinski definition) is 5. The van der Waals surface area contributed by atoms with Crippen LogP contribution in [-0.2, 0) is 18.5 Å². The molecule has 0 spiro atoms. The molecule has 7 heteroatoms. The van der Waals surface area contributed by atoms with E-state index in [2.05, 4.69) is 7.05 Å². The minimum atomic E-state index is -1.96. The topological polar surface area (TPSA) is 49.3 Å². The highest BCUT2D eigenvalue weighted by Crippen LogP contribution is 2.88. The standard InChI is InChI=1S/C25H45NO4P2/c1-26-32(23-16-6-4-12-19(23)27-2,24-17-7-5-13-20(24)28-3)31-29-21-14-8-10-18-11-9-15-22(30-31)25(18)21/h18-25H,4-17H2,1-3H3. The van der Waals surface area contributed by atoms with E-state index >= 15 is 0 Å². The monoisotopic (exact) mass is 485 g/mol. The van der Waals surface area contributed by atoms with Gasteiger partial charge in [0.25, 0.3) is 0 Å². The molecule has 0 N–H and O–H groups in total. The van der Waals surface area contributed by atoms with Gasteiger partial charge in [0, 0.05) is 38.5 Å². The quantitative estimate of drug-likeness (QED) is 0.382. The van der Waals surface area contributed by atoms with Gasteiger partial charge in [-0.15, -0.1) is 0 Å². The Hall–Kier alpha value is 0.500. The second kappa shape index (κ2) is 10.6. The van der Waals surface area contributed by atoms with Crippen molar-refractivity contribution in [1.82, 2.24) is 0 Å². The first-order chi connectivity index (χ1) is 15.7. The maximum absolute atomic E-state index is 7.16. The Bertz CT molecular complexity index is 643. The Morgan fingerprint density at radius 2 is 1.19 bits per heavy atom. The molecule has 5 aliphatic rings. The van der Waals surface area contributed by atoms with Gasteiger partial charge in [-0.3, -0.25) is 4.74 Å². The van der Waals surface area contributed by atoms with Crippen molar-refractivity contribution >= 4 is 14.8 Å². The second-order valence-electron chi connectivity index (χ2n) is 10.9. The summed E-state index contributed by atoms with van der Waals surface area (Å²) >= 11 is 0. The normalized spacial score (nSPS) is 46.7. The number of rotatable bonds is 5. The maximum atomic E-state index is 7.16. The van der Waals surface area contributed by atoms with Gasteiger partial charge in [-0.1, -0.05) is 38.5 Å². The molecule has 4 aliphatic carbocycles. The summed E-state index contributed by atoms with van der Waals surface area (Å²) in [6, 6.07) is 0. The fourth-order valence-corrected chi connectivity index (χ4v) is 18.8. The fourth-order valence-electron chi connectivity index (χ4n) is 8.01. The maximum Gasteiger partial charge on any atom is 0.214 e. The molecule has 0 aromatic heterocycles. The highest BCUT2D eigenvalue weighted by molar-refractivity contribution is 8.30. The van der Waals surface area contributed by atoms with Crippen LogP contribution < -0.4 is 0 Å². The molecule has 1 heterocycles. The van der Waals surface area contributed by atoms with Crippen LogP contribution in [0.2, 0.25) is 0 Å². The zero-order chi connectivity index (χ0) is 22.1. The lowest BCUT2D eigenvalue weighted by Crippen LogP contribution is -2.48. The number of ether oxygens (including phenoxy) is 2. The van der Waals surface area contributed by atoms with E-state index in [1.165, 1.54) is 77.0 Å². The molecular weight excluding hydrogens is 440 g/mol. The third-order valence-corrected chi connectivity index (χ3v) is 19.1. The van der Waals surface area contributed by atoms with Gasteiger partial charge >= 0.3 is 0 Å². The van der Waals surface area contributed by atoms with Crippen LogP contribution in [0.3, 0.4) is 0 Å². The lowest BCUT2D eigenvalue weighted by Gasteiger charge is -2.56. The zero-order valence-corrected chi connectivity index (χ0v) is 22.3. The van der Waals surface area contributed by atoms with Crippen LogP contribution in [0.15, 0.2) is 4.74 Å². The number of hydrogen-bond donors (Lipinski definition) is 0. The lowest BCUT2D eigenvalue weighted by atomic mass is 9.68. The van der Waals surface area contributed by atoms with Crippen LogP contribution in [0.5, 0.6) is 0 Å². The zero-order valence-electron chi connectivity index (χ0n) is 20.5. The molecule has 0 aromatic carbocycles. The molecule has 6 unspecified atom stereocenters. The highest BCUT2D eigenvalue weighted by Gasteiger charge is 2.57. The van der Waals surface area contributed by atoms with E-state index in [9.17, 15) is 0 Å². The third kappa shape index (κ3) is 4.20. The summed E-state index contributed by atoms with van der Waals surface area (Å²) in [6.07, 6.45) is 19.1. The summed E-state index contributed by atoms with van der Waals surface area (Å²) in [7, 11) is 4.91. The summed E-state index contributed by atoms with van der Waals surface area (Å²) in [5.74, 6) is 1.45. The van der Waals surface area contributed by atoms with Crippen molar-refractivity contribution in [2.24, 2.45) is 16.6 Å². The van der Waals surface area contributed by atoms with Crippen molar-refractivity contribution in [3.63, 3.8) is 0 Å². The minimum absolute atomic E-state index is 0.290. The summed E-state index contributed by atoms with van der Waals surface area (Å²) in [4.78, 5) is 0. The molecule has 0 aromatic rings. The predicted octanol–water partition coefficient (Wildman–Crippen LogP) is 7.34. The summed E-state index contributed by atoms with van der Waals surface area (Å²) < 4.78 is 32.1. The Morgan fingerprint density at radius 1 is 0.688 bits per heavy atom. The van der Waals surface area contributed by atoms with Crippen molar-refractivity contribution in [2.75, 3.05) is 21.3 Å². The van der Waals surface area contributed by atoms with E-state index in [-0.39, 0.29) is 12.2 Å². The number of methoxy groups -OCH3 is 2. The molecule has 6 atom stereocenters. The van der Waals surface area contributed by atoms with Crippen molar-refractivity contribution < 1.29 is 18.5 Å². The summed E-state index contributed by atoms with van der Waals surface area (Å²) in [5, 5.41) is 0. The third-order valence-electron chi connectivity index (χ3n) is 9.48. The SMILES string of the molecule is CN=P(C1CCCCC1OC)(C1CCCCC1OC)P1OC2CCCC3CCCC(O1)C32. The van der Waals surface area contributed by atoms with E-state index in [4.69, 9.17) is 23.3 Å². The van der Waals surface area contributed by atoms with E-state index < -0.39 is 14.8 Å². The van der Waals surface area contributed by atoms with Gasteiger partial charge in [0.1, 0.15) is 0 Å². The average molecular weight is 486 g/mol. The van der Waals surface area contributed by atoms with E-state index in [0.717, 1.165) is 18.8 Å². The Balaban J connectivity index is 1.55. The smallest absolute Gasteiger partial charge is 0.214 e. The van der Waals surface area contributed by atoms with Gasteiger partial charge in [-0.25, -0.2) is 0 Å². The molecule has 32 heavy (non-hydrogen) atoms. The van der Waals surface area contributed by atoms with Gasteiger partial charge in [0.2, 0.25) is 8.06 Å². The Labute approximate surface area is 196 Å². The first kappa shape index (κ1) is 24.2. The molecule has 1 saturated heterocycles. The van der Waals surface area contributed by atoms with Gasteiger partial charge in [0.15, 0.2) is 0 Å². The van der Waals surface area contributed by atoms with Crippen LogP contribution in [0.25, 0.3) is 0 Å². The Morgan fingerprint density at radius 3 is 1.66 bits per heavy atom. The highest BCUT2D eigenvalue weighted by atomic mass is 32.1. The van der Waals surface area contributed by atoms with Gasteiger partial charge in [-0.2, -0.15) is 0 Å². The van der Waals surface area contributed by atoms with Gasteiger partial charge in [0.05, 0.1) is 31.2 Å². The predicted molar refractivity (Wildman–Crippen MR) is 133 cm³/mol. The van der Waals surface area contributed by atoms with E-state index in [1.807, 2.05) is 14.2 Å². The van der Waals surface area contributed by atoms with Crippen molar-refractivity contribution in [3.05, 3.63) is 0 Å². The van der Waals surface area contributed by atoms with Gasteiger partial charge < -0.3 is 18.5 Å². The van der Waals surface area contributed by atoms with Crippen LogP contribution in [0.1, 0.15) is 89.9 Å². The Kier molecular flexibility index (Phi) is 8.04. The first-order valence-corrected chi connectivity index (χ1v) is 17.2. The van der Waals surface area contributed by atoms with Crippen LogP contribution >= 0.6 is 14.8 Å². The molecule has 184 valence electrons. The van der Waals surface area contributed by atoms with Crippen LogP contribution in [-0.4, -0.2) is 57.0 Å². The molecular formula is C25H45NO4P2. The van der Waals surface area contributed by atoms with Crippen LogP contribution in [0.4, 0.5) is 0 Å². The molecule has 1 aliphatic heterocycles. The lowest BCUT2D eigenvalue weighted by molar-refractivity contribution is -0.0775. The molecule has 5 fully saturated rings. The molecule has 0 radical (unpaired) electrons.